The first-order chi connectivity index (χ1) is 7.78. The molecule has 3 nitrogen and oxygen atoms in total. The number of likely N-dealkylation sites (tertiary alicyclic amines) is 1. The van der Waals surface area contributed by atoms with Crippen LogP contribution in [0.2, 0.25) is 0 Å². The number of halogens is 2. The number of nitrogens with two attached hydrogens (primary N) is 1. The SMILES string of the molecule is Cl.NCC1CCCN(Cc2ccc(Br)cn2)C1. The average Bonchev–Trinajstić information content (AvgIpc) is 2.32. The maximum atomic E-state index is 5.73. The van der Waals surface area contributed by atoms with Gasteiger partial charge in [0.25, 0.3) is 0 Å². The largest absolute Gasteiger partial charge is 0.330 e. The van der Waals surface area contributed by atoms with Crippen LogP contribution in [0.3, 0.4) is 0 Å². The molecule has 1 aromatic rings. The highest BCUT2D eigenvalue weighted by atomic mass is 79.9. The molecular formula is C12H19BrClN3. The molecule has 1 aliphatic rings. The molecule has 17 heavy (non-hydrogen) atoms. The highest BCUT2D eigenvalue weighted by molar-refractivity contribution is 9.10. The molecule has 2 rings (SSSR count). The first-order valence-electron chi connectivity index (χ1n) is 5.81. The third kappa shape index (κ3) is 4.54. The van der Waals surface area contributed by atoms with Gasteiger partial charge in [-0.05, 0) is 59.9 Å². The number of hydrogen-bond donors (Lipinski definition) is 1. The Bertz CT molecular complexity index is 331. The quantitative estimate of drug-likeness (QED) is 0.930. The Balaban J connectivity index is 0.00000144. The highest BCUT2D eigenvalue weighted by Gasteiger charge is 2.18. The van der Waals surface area contributed by atoms with Gasteiger partial charge in [-0.25, -0.2) is 0 Å². The van der Waals surface area contributed by atoms with Crippen molar-refractivity contribution in [2.24, 2.45) is 11.7 Å². The smallest absolute Gasteiger partial charge is 0.0544 e. The summed E-state index contributed by atoms with van der Waals surface area (Å²) in [5, 5.41) is 0. The number of pyridine rings is 1. The molecule has 0 bridgehead atoms. The number of nitrogens with zero attached hydrogens (tertiary/aromatic N) is 2. The first kappa shape index (κ1) is 14.9. The third-order valence-electron chi connectivity index (χ3n) is 3.11. The number of piperidine rings is 1. The van der Waals surface area contributed by atoms with E-state index in [1.165, 1.54) is 19.4 Å². The molecular weight excluding hydrogens is 302 g/mol. The van der Waals surface area contributed by atoms with Crippen LogP contribution in [-0.2, 0) is 6.54 Å². The van der Waals surface area contributed by atoms with Crippen molar-refractivity contribution in [3.05, 3.63) is 28.5 Å². The zero-order valence-electron chi connectivity index (χ0n) is 9.81. The minimum absolute atomic E-state index is 0. The zero-order chi connectivity index (χ0) is 11.4. The van der Waals surface area contributed by atoms with Crippen molar-refractivity contribution in [2.75, 3.05) is 19.6 Å². The van der Waals surface area contributed by atoms with Crippen LogP contribution in [0.25, 0.3) is 0 Å². The van der Waals surface area contributed by atoms with Crippen molar-refractivity contribution < 1.29 is 0 Å². The van der Waals surface area contributed by atoms with Gasteiger partial charge < -0.3 is 5.73 Å². The summed E-state index contributed by atoms with van der Waals surface area (Å²) in [6.45, 7) is 4.05. The topological polar surface area (TPSA) is 42.1 Å². The molecule has 1 unspecified atom stereocenters. The van der Waals surface area contributed by atoms with Crippen LogP contribution in [0, 0.1) is 5.92 Å². The van der Waals surface area contributed by atoms with Crippen LogP contribution in [-0.4, -0.2) is 29.5 Å². The first-order valence-corrected chi connectivity index (χ1v) is 6.60. The Morgan fingerprint density at radius 1 is 1.47 bits per heavy atom. The Morgan fingerprint density at radius 3 is 2.94 bits per heavy atom. The van der Waals surface area contributed by atoms with E-state index in [0.29, 0.717) is 5.92 Å². The van der Waals surface area contributed by atoms with Gasteiger partial charge in [-0.1, -0.05) is 0 Å². The number of rotatable bonds is 3. The summed E-state index contributed by atoms with van der Waals surface area (Å²) in [6.07, 6.45) is 4.40. The predicted molar refractivity (Wildman–Crippen MR) is 76.2 cm³/mol. The van der Waals surface area contributed by atoms with E-state index in [-0.39, 0.29) is 12.4 Å². The standard InChI is InChI=1S/C12H18BrN3.ClH/c13-11-3-4-12(15-7-11)9-16-5-1-2-10(6-14)8-16;/h3-4,7,10H,1-2,5-6,8-9,14H2;1H. The average molecular weight is 321 g/mol. The second-order valence-corrected chi connectivity index (χ2v) is 5.36. The van der Waals surface area contributed by atoms with Gasteiger partial charge in [-0.2, -0.15) is 0 Å². The zero-order valence-corrected chi connectivity index (χ0v) is 12.2. The van der Waals surface area contributed by atoms with Crippen molar-refractivity contribution in [1.82, 2.24) is 9.88 Å². The van der Waals surface area contributed by atoms with Gasteiger partial charge in [-0.3, -0.25) is 9.88 Å². The van der Waals surface area contributed by atoms with E-state index in [1.807, 2.05) is 12.3 Å². The van der Waals surface area contributed by atoms with E-state index in [1.54, 1.807) is 0 Å². The molecule has 1 saturated heterocycles. The van der Waals surface area contributed by atoms with E-state index in [9.17, 15) is 0 Å². The lowest BCUT2D eigenvalue weighted by Gasteiger charge is -2.31. The lowest BCUT2D eigenvalue weighted by atomic mass is 9.98. The third-order valence-corrected chi connectivity index (χ3v) is 3.58. The molecule has 1 fully saturated rings. The molecule has 96 valence electrons. The minimum atomic E-state index is 0. The summed E-state index contributed by atoms with van der Waals surface area (Å²) >= 11 is 3.40. The maximum Gasteiger partial charge on any atom is 0.0544 e. The van der Waals surface area contributed by atoms with Gasteiger partial charge >= 0.3 is 0 Å². The molecule has 0 saturated carbocycles. The Hall–Kier alpha value is -0.160. The van der Waals surface area contributed by atoms with Gasteiger partial charge in [0.05, 0.1) is 5.69 Å². The Labute approximate surface area is 117 Å². The van der Waals surface area contributed by atoms with Crippen LogP contribution in [0.1, 0.15) is 18.5 Å². The van der Waals surface area contributed by atoms with Crippen LogP contribution in [0.5, 0.6) is 0 Å². The van der Waals surface area contributed by atoms with E-state index in [4.69, 9.17) is 5.73 Å². The van der Waals surface area contributed by atoms with E-state index < -0.39 is 0 Å². The maximum absolute atomic E-state index is 5.73. The summed E-state index contributed by atoms with van der Waals surface area (Å²) in [6, 6.07) is 4.13. The van der Waals surface area contributed by atoms with Crippen LogP contribution >= 0.6 is 28.3 Å². The molecule has 0 aliphatic carbocycles. The molecule has 0 amide bonds. The Kier molecular flexibility index (Phi) is 6.41. The normalized spacial score (nSPS) is 20.9. The van der Waals surface area contributed by atoms with Crippen molar-refractivity contribution in [1.29, 1.82) is 0 Å². The lowest BCUT2D eigenvalue weighted by molar-refractivity contribution is 0.169. The van der Waals surface area contributed by atoms with Crippen LogP contribution in [0.4, 0.5) is 0 Å². The molecule has 2 N–H and O–H groups in total. The molecule has 2 heterocycles. The van der Waals surface area contributed by atoms with Crippen molar-refractivity contribution in [3.8, 4) is 0 Å². The molecule has 0 spiro atoms. The summed E-state index contributed by atoms with van der Waals surface area (Å²) in [5.74, 6) is 0.671. The molecule has 1 atom stereocenters. The number of hydrogen-bond acceptors (Lipinski definition) is 3. The minimum Gasteiger partial charge on any atom is -0.330 e. The van der Waals surface area contributed by atoms with Gasteiger partial charge in [0.15, 0.2) is 0 Å². The van der Waals surface area contributed by atoms with Gasteiger partial charge in [-0.15, -0.1) is 12.4 Å². The second-order valence-electron chi connectivity index (χ2n) is 4.45. The Morgan fingerprint density at radius 2 is 2.29 bits per heavy atom. The fraction of sp³-hybridized carbons (Fsp3) is 0.583. The predicted octanol–water partition coefficient (Wildman–Crippen LogP) is 2.44. The highest BCUT2D eigenvalue weighted by Crippen LogP contribution is 2.17. The summed E-state index contributed by atoms with van der Waals surface area (Å²) < 4.78 is 1.04. The fourth-order valence-corrected chi connectivity index (χ4v) is 2.45. The number of aromatic nitrogens is 1. The van der Waals surface area contributed by atoms with Crippen LogP contribution < -0.4 is 5.73 Å². The molecule has 0 radical (unpaired) electrons. The molecule has 1 aromatic heterocycles. The summed E-state index contributed by atoms with van der Waals surface area (Å²) in [4.78, 5) is 6.86. The summed E-state index contributed by atoms with van der Waals surface area (Å²) in [5.41, 5.74) is 6.87. The van der Waals surface area contributed by atoms with Gasteiger partial charge in [0.2, 0.25) is 0 Å². The van der Waals surface area contributed by atoms with E-state index >= 15 is 0 Å². The van der Waals surface area contributed by atoms with Crippen molar-refractivity contribution in [3.63, 3.8) is 0 Å². The summed E-state index contributed by atoms with van der Waals surface area (Å²) in [7, 11) is 0. The van der Waals surface area contributed by atoms with Gasteiger partial charge in [0.1, 0.15) is 0 Å². The lowest BCUT2D eigenvalue weighted by Crippen LogP contribution is -2.38. The monoisotopic (exact) mass is 319 g/mol. The fourth-order valence-electron chi connectivity index (χ4n) is 2.22. The molecule has 0 aromatic carbocycles. The van der Waals surface area contributed by atoms with Crippen LogP contribution in [0.15, 0.2) is 22.8 Å². The van der Waals surface area contributed by atoms with Crippen molar-refractivity contribution in [2.45, 2.75) is 19.4 Å². The van der Waals surface area contributed by atoms with E-state index in [0.717, 1.165) is 29.8 Å². The van der Waals surface area contributed by atoms with Gasteiger partial charge in [0, 0.05) is 23.8 Å². The van der Waals surface area contributed by atoms with E-state index in [2.05, 4.69) is 31.9 Å². The second kappa shape index (κ2) is 7.31. The van der Waals surface area contributed by atoms with Crippen molar-refractivity contribution >= 4 is 28.3 Å². The molecule has 5 heteroatoms. The molecule has 1 aliphatic heterocycles.